The van der Waals surface area contributed by atoms with Crippen molar-refractivity contribution < 1.29 is 9.18 Å². The smallest absolute Gasteiger partial charge is 0.184 e. The van der Waals surface area contributed by atoms with E-state index in [-0.39, 0.29) is 5.78 Å². The van der Waals surface area contributed by atoms with Crippen molar-refractivity contribution in [2.45, 2.75) is 5.92 Å². The van der Waals surface area contributed by atoms with Crippen molar-refractivity contribution in [2.75, 3.05) is 0 Å². The number of nitrogens with zero attached hydrogens (tertiary/aromatic N) is 1. The molecule has 0 aromatic heterocycles. The van der Waals surface area contributed by atoms with E-state index in [4.69, 9.17) is 0 Å². The summed E-state index contributed by atoms with van der Waals surface area (Å²) < 4.78 is 14.1. The molecule has 0 aliphatic rings. The number of carbonyl (C=O) groups is 1. The summed E-state index contributed by atoms with van der Waals surface area (Å²) >= 11 is 2.10. The Morgan fingerprint density at radius 1 is 1.21 bits per heavy atom. The maximum absolute atomic E-state index is 13.2. The summed E-state index contributed by atoms with van der Waals surface area (Å²) in [4.78, 5) is 12.3. The highest BCUT2D eigenvalue weighted by molar-refractivity contribution is 14.1. The first-order valence-electron chi connectivity index (χ1n) is 5.56. The molecule has 0 aliphatic carbocycles. The van der Waals surface area contributed by atoms with Crippen LogP contribution in [-0.2, 0) is 0 Å². The highest BCUT2D eigenvalue weighted by atomic mass is 127. The fourth-order valence-corrected chi connectivity index (χ4v) is 2.32. The maximum atomic E-state index is 13.2. The van der Waals surface area contributed by atoms with Crippen LogP contribution in [0.4, 0.5) is 4.39 Å². The Hall–Kier alpha value is -1.74. The van der Waals surface area contributed by atoms with E-state index in [0.29, 0.717) is 11.1 Å². The minimum Gasteiger partial charge on any atom is -0.292 e. The molecule has 1 unspecified atom stereocenters. The fraction of sp³-hybridized carbons (Fsp3) is 0.0667. The Morgan fingerprint density at radius 2 is 1.95 bits per heavy atom. The third kappa shape index (κ3) is 3.18. The van der Waals surface area contributed by atoms with Gasteiger partial charge in [-0.05, 0) is 52.4 Å². The zero-order valence-corrected chi connectivity index (χ0v) is 12.0. The van der Waals surface area contributed by atoms with Crippen molar-refractivity contribution >= 4 is 28.4 Å². The van der Waals surface area contributed by atoms with Gasteiger partial charge in [0.2, 0.25) is 0 Å². The first-order chi connectivity index (χ1) is 9.11. The van der Waals surface area contributed by atoms with Crippen molar-refractivity contribution in [1.82, 2.24) is 0 Å². The van der Waals surface area contributed by atoms with Gasteiger partial charge in [0.05, 0.1) is 6.07 Å². The number of halogens is 2. The molecule has 94 valence electrons. The molecular formula is C15H9FINO. The van der Waals surface area contributed by atoms with Crippen LogP contribution in [0.2, 0.25) is 0 Å². The molecule has 0 fully saturated rings. The van der Waals surface area contributed by atoms with Crippen molar-refractivity contribution in [2.24, 2.45) is 0 Å². The molecule has 2 nitrogen and oxygen atoms in total. The quantitative estimate of drug-likeness (QED) is 0.611. The van der Waals surface area contributed by atoms with Crippen LogP contribution >= 0.6 is 22.6 Å². The number of hydrogen-bond acceptors (Lipinski definition) is 2. The highest BCUT2D eigenvalue weighted by Crippen LogP contribution is 2.22. The summed E-state index contributed by atoms with van der Waals surface area (Å²) in [6.45, 7) is 0. The first kappa shape index (κ1) is 13.7. The van der Waals surface area contributed by atoms with E-state index < -0.39 is 11.7 Å². The summed E-state index contributed by atoms with van der Waals surface area (Å²) in [5.41, 5.74) is 0.842. The maximum Gasteiger partial charge on any atom is 0.184 e. The second-order valence-corrected chi connectivity index (χ2v) is 5.24. The van der Waals surface area contributed by atoms with Gasteiger partial charge >= 0.3 is 0 Å². The van der Waals surface area contributed by atoms with Crippen LogP contribution in [0.5, 0.6) is 0 Å². The van der Waals surface area contributed by atoms with E-state index in [0.717, 1.165) is 3.57 Å². The second-order valence-electron chi connectivity index (χ2n) is 3.99. The zero-order chi connectivity index (χ0) is 13.8. The van der Waals surface area contributed by atoms with Gasteiger partial charge in [-0.1, -0.05) is 24.3 Å². The molecule has 0 saturated carbocycles. The lowest BCUT2D eigenvalue weighted by molar-refractivity contribution is 0.0979. The lowest BCUT2D eigenvalue weighted by atomic mass is 9.92. The topological polar surface area (TPSA) is 40.9 Å². The van der Waals surface area contributed by atoms with Gasteiger partial charge in [-0.15, -0.1) is 0 Å². The number of Topliss-reactive ketones (excluding diaryl/α,β-unsaturated/α-hetero) is 1. The number of nitriles is 1. The molecule has 19 heavy (non-hydrogen) atoms. The van der Waals surface area contributed by atoms with E-state index in [1.165, 1.54) is 18.2 Å². The SMILES string of the molecule is N#CC(C(=O)c1cccc(I)c1)c1cccc(F)c1. The Kier molecular flexibility index (Phi) is 4.27. The van der Waals surface area contributed by atoms with Crippen LogP contribution in [0.1, 0.15) is 21.8 Å². The van der Waals surface area contributed by atoms with Crippen LogP contribution < -0.4 is 0 Å². The highest BCUT2D eigenvalue weighted by Gasteiger charge is 2.22. The van der Waals surface area contributed by atoms with E-state index in [2.05, 4.69) is 22.6 Å². The van der Waals surface area contributed by atoms with Crippen molar-refractivity contribution in [3.63, 3.8) is 0 Å². The number of hydrogen-bond donors (Lipinski definition) is 0. The molecule has 2 aromatic rings. The molecule has 0 heterocycles. The summed E-state index contributed by atoms with van der Waals surface area (Å²) in [5, 5.41) is 9.18. The average Bonchev–Trinajstić information content (AvgIpc) is 2.39. The molecule has 0 aliphatic heterocycles. The second kappa shape index (κ2) is 5.93. The van der Waals surface area contributed by atoms with Gasteiger partial charge in [0, 0.05) is 9.13 Å². The number of carbonyl (C=O) groups excluding carboxylic acids is 1. The fourth-order valence-electron chi connectivity index (χ4n) is 1.78. The molecule has 4 heteroatoms. The summed E-state index contributed by atoms with van der Waals surface area (Å²) in [6.07, 6.45) is 0. The van der Waals surface area contributed by atoms with Gasteiger partial charge in [-0.3, -0.25) is 4.79 Å². The predicted octanol–water partition coefficient (Wildman–Crippen LogP) is 3.92. The molecule has 0 N–H and O–H groups in total. The molecular weight excluding hydrogens is 356 g/mol. The van der Waals surface area contributed by atoms with E-state index >= 15 is 0 Å². The molecule has 2 rings (SSSR count). The van der Waals surface area contributed by atoms with Gasteiger partial charge in [0.25, 0.3) is 0 Å². The van der Waals surface area contributed by atoms with Gasteiger partial charge in [-0.2, -0.15) is 5.26 Å². The van der Waals surface area contributed by atoms with Gasteiger partial charge < -0.3 is 0 Å². The summed E-state index contributed by atoms with van der Waals surface area (Å²) in [7, 11) is 0. The third-order valence-corrected chi connectivity index (χ3v) is 3.35. The van der Waals surface area contributed by atoms with Gasteiger partial charge in [0.1, 0.15) is 11.7 Å². The monoisotopic (exact) mass is 365 g/mol. The largest absolute Gasteiger partial charge is 0.292 e. The molecule has 0 amide bonds. The van der Waals surface area contributed by atoms with Crippen molar-refractivity contribution in [1.29, 1.82) is 5.26 Å². The Balaban J connectivity index is 2.38. The third-order valence-electron chi connectivity index (χ3n) is 2.68. The van der Waals surface area contributed by atoms with Crippen LogP contribution in [-0.4, -0.2) is 5.78 Å². The molecule has 0 bridgehead atoms. The summed E-state index contributed by atoms with van der Waals surface area (Å²) in [6, 6.07) is 14.5. The first-order valence-corrected chi connectivity index (χ1v) is 6.64. The number of benzene rings is 2. The molecule has 1 atom stereocenters. The van der Waals surface area contributed by atoms with Crippen LogP contribution in [0.15, 0.2) is 48.5 Å². The zero-order valence-electron chi connectivity index (χ0n) is 9.81. The minimum absolute atomic E-state index is 0.313. The lowest BCUT2D eigenvalue weighted by Crippen LogP contribution is -2.11. The molecule has 0 saturated heterocycles. The number of rotatable bonds is 3. The minimum atomic E-state index is -0.978. The van der Waals surface area contributed by atoms with Crippen LogP contribution in [0, 0.1) is 20.7 Å². The molecule has 0 radical (unpaired) electrons. The van der Waals surface area contributed by atoms with Crippen LogP contribution in [0.3, 0.4) is 0 Å². The average molecular weight is 365 g/mol. The molecule has 0 spiro atoms. The molecule has 2 aromatic carbocycles. The van der Waals surface area contributed by atoms with Crippen molar-refractivity contribution in [3.8, 4) is 6.07 Å². The predicted molar refractivity (Wildman–Crippen MR) is 78.2 cm³/mol. The Bertz CT molecular complexity index is 663. The van der Waals surface area contributed by atoms with E-state index in [1.807, 2.05) is 12.1 Å². The summed E-state index contributed by atoms with van der Waals surface area (Å²) in [5.74, 6) is -1.74. The van der Waals surface area contributed by atoms with E-state index in [1.54, 1.807) is 24.3 Å². The normalized spacial score (nSPS) is 11.6. The van der Waals surface area contributed by atoms with Crippen molar-refractivity contribution in [3.05, 3.63) is 69.0 Å². The van der Waals surface area contributed by atoms with E-state index in [9.17, 15) is 14.4 Å². The standard InChI is InChI=1S/C15H9FINO/c16-12-5-1-3-10(7-12)14(9-18)15(19)11-4-2-6-13(17)8-11/h1-8,14H. The Labute approximate surface area is 124 Å². The van der Waals surface area contributed by atoms with Gasteiger partial charge in [0.15, 0.2) is 5.78 Å². The van der Waals surface area contributed by atoms with Crippen LogP contribution in [0.25, 0.3) is 0 Å². The number of ketones is 1. The Morgan fingerprint density at radius 3 is 2.58 bits per heavy atom. The van der Waals surface area contributed by atoms with Gasteiger partial charge in [-0.25, -0.2) is 4.39 Å². The lowest BCUT2D eigenvalue weighted by Gasteiger charge is -2.09.